The Morgan fingerprint density at radius 1 is 1.62 bits per heavy atom. The van der Waals surface area contributed by atoms with E-state index in [1.807, 2.05) is 22.6 Å². The van der Waals surface area contributed by atoms with Crippen molar-refractivity contribution >= 4 is 34.4 Å². The van der Waals surface area contributed by atoms with Crippen LogP contribution in [0, 0.1) is 3.57 Å². The van der Waals surface area contributed by atoms with Gasteiger partial charge in [0, 0.05) is 3.57 Å². The van der Waals surface area contributed by atoms with Gasteiger partial charge in [-0.1, -0.05) is 0 Å². The number of rotatable bonds is 2. The number of benzene rings is 1. The Kier molecular flexibility index (Phi) is 3.35. The molecule has 0 aliphatic heterocycles. The normalized spacial score (nSPS) is 9.38. The summed E-state index contributed by atoms with van der Waals surface area (Å²) in [6.07, 6.45) is -1.07. The van der Waals surface area contributed by atoms with Gasteiger partial charge in [0.15, 0.2) is 0 Å². The Morgan fingerprint density at radius 3 is 2.77 bits per heavy atom. The second kappa shape index (κ2) is 4.31. The summed E-state index contributed by atoms with van der Waals surface area (Å²) in [4.78, 5) is 10.3. The maximum absolute atomic E-state index is 10.3. The summed E-state index contributed by atoms with van der Waals surface area (Å²) in [7, 11) is 1.57. The first-order valence-corrected chi connectivity index (χ1v) is 4.55. The van der Waals surface area contributed by atoms with Gasteiger partial charge in [-0.25, -0.2) is 4.79 Å². The second-order valence-corrected chi connectivity index (χ2v) is 3.44. The maximum Gasteiger partial charge on any atom is 0.409 e. The largest absolute Gasteiger partial charge is 0.497 e. The fraction of sp³-hybridized carbons (Fsp3) is 0.125. The average Bonchev–Trinajstić information content (AvgIpc) is 2.08. The monoisotopic (exact) mass is 293 g/mol. The van der Waals surface area contributed by atoms with Crippen LogP contribution in [0.5, 0.6) is 5.75 Å². The predicted molar refractivity (Wildman–Crippen MR) is 57.4 cm³/mol. The third kappa shape index (κ3) is 2.76. The Bertz CT molecular complexity index is 327. The highest BCUT2D eigenvalue weighted by atomic mass is 127. The molecule has 1 rings (SSSR count). The fourth-order valence-corrected chi connectivity index (χ4v) is 1.46. The molecule has 0 aliphatic rings. The summed E-state index contributed by atoms with van der Waals surface area (Å²) in [6.45, 7) is 0. The molecule has 0 fully saturated rings. The van der Waals surface area contributed by atoms with Gasteiger partial charge in [-0.2, -0.15) is 0 Å². The van der Waals surface area contributed by atoms with Crippen molar-refractivity contribution in [1.29, 1.82) is 0 Å². The molecule has 0 aromatic heterocycles. The summed E-state index contributed by atoms with van der Waals surface area (Å²) in [5.74, 6) is 0.709. The quantitative estimate of drug-likeness (QED) is 0.823. The van der Waals surface area contributed by atoms with Crippen molar-refractivity contribution in [3.05, 3.63) is 21.8 Å². The standard InChI is InChI=1S/C8H8INO3/c1-13-5-2-3-7(6(9)4-5)10-8(11)12/h2-4,10H,1H3,(H,11,12). The number of carboxylic acid groups (broad SMARTS) is 1. The molecule has 4 nitrogen and oxygen atoms in total. The molecule has 0 bridgehead atoms. The smallest absolute Gasteiger partial charge is 0.409 e. The number of halogens is 1. The minimum Gasteiger partial charge on any atom is -0.497 e. The van der Waals surface area contributed by atoms with Gasteiger partial charge in [0.25, 0.3) is 0 Å². The van der Waals surface area contributed by atoms with E-state index in [2.05, 4.69) is 5.32 Å². The molecule has 0 aliphatic carbocycles. The maximum atomic E-state index is 10.3. The molecule has 1 aromatic rings. The van der Waals surface area contributed by atoms with E-state index >= 15 is 0 Å². The highest BCUT2D eigenvalue weighted by Gasteiger charge is 2.03. The van der Waals surface area contributed by atoms with Crippen LogP contribution in [0.2, 0.25) is 0 Å². The van der Waals surface area contributed by atoms with Gasteiger partial charge in [-0.05, 0) is 40.8 Å². The lowest BCUT2D eigenvalue weighted by molar-refractivity contribution is 0.209. The lowest BCUT2D eigenvalue weighted by Crippen LogP contribution is -2.08. The minimum absolute atomic E-state index is 0.564. The molecular formula is C8H8INO3. The van der Waals surface area contributed by atoms with Crippen LogP contribution in [-0.2, 0) is 0 Å². The first kappa shape index (κ1) is 10.1. The first-order chi connectivity index (χ1) is 6.13. The van der Waals surface area contributed by atoms with Crippen LogP contribution in [0.15, 0.2) is 18.2 Å². The van der Waals surface area contributed by atoms with E-state index in [-0.39, 0.29) is 0 Å². The van der Waals surface area contributed by atoms with Crippen molar-refractivity contribution in [2.45, 2.75) is 0 Å². The number of carbonyl (C=O) groups is 1. The van der Waals surface area contributed by atoms with Gasteiger partial charge in [0.2, 0.25) is 0 Å². The van der Waals surface area contributed by atoms with Crippen molar-refractivity contribution in [1.82, 2.24) is 0 Å². The molecule has 0 spiro atoms. The van der Waals surface area contributed by atoms with Crippen LogP contribution in [0.25, 0.3) is 0 Å². The molecule has 2 N–H and O–H groups in total. The minimum atomic E-state index is -1.07. The van der Waals surface area contributed by atoms with Crippen molar-refractivity contribution in [3.8, 4) is 5.75 Å². The summed E-state index contributed by atoms with van der Waals surface area (Å²) in [5, 5.41) is 10.8. The zero-order valence-electron chi connectivity index (χ0n) is 6.87. The van der Waals surface area contributed by atoms with Gasteiger partial charge in [-0.3, -0.25) is 5.32 Å². The average molecular weight is 293 g/mol. The van der Waals surface area contributed by atoms with Gasteiger partial charge in [0.05, 0.1) is 12.8 Å². The summed E-state index contributed by atoms with van der Waals surface area (Å²) < 4.78 is 5.78. The third-order valence-corrected chi connectivity index (χ3v) is 2.31. The molecule has 70 valence electrons. The Hall–Kier alpha value is -0.980. The number of nitrogens with one attached hydrogen (secondary N) is 1. The van der Waals surface area contributed by atoms with Crippen molar-refractivity contribution in [3.63, 3.8) is 0 Å². The molecule has 1 amide bonds. The number of hydrogen-bond acceptors (Lipinski definition) is 2. The molecule has 0 radical (unpaired) electrons. The highest BCUT2D eigenvalue weighted by Crippen LogP contribution is 2.23. The third-order valence-electron chi connectivity index (χ3n) is 1.42. The number of hydrogen-bond donors (Lipinski definition) is 2. The molecule has 13 heavy (non-hydrogen) atoms. The van der Waals surface area contributed by atoms with Crippen molar-refractivity contribution < 1.29 is 14.6 Å². The van der Waals surface area contributed by atoms with Gasteiger partial charge >= 0.3 is 6.09 Å². The Labute approximate surface area is 89.0 Å². The lowest BCUT2D eigenvalue weighted by atomic mass is 10.3. The second-order valence-electron chi connectivity index (χ2n) is 2.28. The van der Waals surface area contributed by atoms with E-state index in [1.165, 1.54) is 0 Å². The Morgan fingerprint density at radius 2 is 2.31 bits per heavy atom. The van der Waals surface area contributed by atoms with Gasteiger partial charge in [-0.15, -0.1) is 0 Å². The zero-order valence-corrected chi connectivity index (χ0v) is 9.03. The topological polar surface area (TPSA) is 58.6 Å². The van der Waals surface area contributed by atoms with Crippen LogP contribution >= 0.6 is 22.6 Å². The summed E-state index contributed by atoms with van der Waals surface area (Å²) in [5.41, 5.74) is 0.564. The summed E-state index contributed by atoms with van der Waals surface area (Å²) in [6, 6.07) is 5.12. The fourth-order valence-electron chi connectivity index (χ4n) is 0.839. The van der Waals surface area contributed by atoms with Gasteiger partial charge < -0.3 is 9.84 Å². The SMILES string of the molecule is COc1ccc(NC(=O)O)c(I)c1. The van der Waals surface area contributed by atoms with E-state index in [4.69, 9.17) is 9.84 Å². The molecule has 0 saturated heterocycles. The predicted octanol–water partition coefficient (Wildman–Crippen LogP) is 2.39. The first-order valence-electron chi connectivity index (χ1n) is 3.47. The van der Waals surface area contributed by atoms with Crippen LogP contribution < -0.4 is 10.1 Å². The molecule has 5 heteroatoms. The number of methoxy groups -OCH3 is 1. The Balaban J connectivity index is 2.91. The number of amides is 1. The van der Waals surface area contributed by atoms with Crippen LogP contribution in [0.3, 0.4) is 0 Å². The van der Waals surface area contributed by atoms with Crippen LogP contribution in [0.1, 0.15) is 0 Å². The molecule has 0 atom stereocenters. The molecule has 1 aromatic carbocycles. The van der Waals surface area contributed by atoms with E-state index in [9.17, 15) is 4.79 Å². The zero-order chi connectivity index (χ0) is 9.84. The lowest BCUT2D eigenvalue weighted by Gasteiger charge is -2.05. The number of ether oxygens (including phenoxy) is 1. The van der Waals surface area contributed by atoms with Crippen molar-refractivity contribution in [2.75, 3.05) is 12.4 Å². The van der Waals surface area contributed by atoms with Gasteiger partial charge in [0.1, 0.15) is 5.75 Å². The molecular weight excluding hydrogens is 285 g/mol. The van der Waals surface area contributed by atoms with Crippen LogP contribution in [-0.4, -0.2) is 18.3 Å². The molecule has 0 unspecified atom stereocenters. The van der Waals surface area contributed by atoms with E-state index in [1.54, 1.807) is 25.3 Å². The van der Waals surface area contributed by atoms with E-state index in [0.717, 1.165) is 3.57 Å². The molecule has 0 heterocycles. The van der Waals surface area contributed by atoms with Crippen LogP contribution in [0.4, 0.5) is 10.5 Å². The summed E-state index contributed by atoms with van der Waals surface area (Å²) >= 11 is 2.04. The van der Waals surface area contributed by atoms with Crippen molar-refractivity contribution in [2.24, 2.45) is 0 Å². The number of anilines is 1. The highest BCUT2D eigenvalue weighted by molar-refractivity contribution is 14.1. The van der Waals surface area contributed by atoms with E-state index in [0.29, 0.717) is 11.4 Å². The van der Waals surface area contributed by atoms with E-state index < -0.39 is 6.09 Å². The molecule has 0 saturated carbocycles.